The Morgan fingerprint density at radius 1 is 1.21 bits per heavy atom. The molecule has 8 nitrogen and oxygen atoms in total. The maximum absolute atomic E-state index is 13.5. The van der Waals surface area contributed by atoms with E-state index in [1.165, 1.54) is 22.4 Å². The Bertz CT molecular complexity index is 1370. The number of fused-ring (bicyclic) bond motifs is 1. The first-order chi connectivity index (χ1) is 16.2. The van der Waals surface area contributed by atoms with Crippen LogP contribution in [0.2, 0.25) is 0 Å². The molecule has 1 N–H and O–H groups in total. The van der Waals surface area contributed by atoms with E-state index in [2.05, 4.69) is 5.32 Å². The molecule has 1 aliphatic rings. The minimum absolute atomic E-state index is 0.0877. The van der Waals surface area contributed by atoms with E-state index in [-0.39, 0.29) is 23.3 Å². The Labute approximate surface area is 202 Å². The van der Waals surface area contributed by atoms with Gasteiger partial charge in [0.05, 0.1) is 40.8 Å². The second kappa shape index (κ2) is 9.79. The largest absolute Gasteiger partial charge is 0.493 e. The number of methoxy groups -OCH3 is 1. The van der Waals surface area contributed by atoms with Gasteiger partial charge in [-0.2, -0.15) is 0 Å². The number of aromatic nitrogens is 1. The topological polar surface area (TPSA) is 104 Å². The molecule has 0 bridgehead atoms. The summed E-state index contributed by atoms with van der Waals surface area (Å²) in [5.41, 5.74) is 0.684. The maximum Gasteiger partial charge on any atom is 0.271 e. The number of carbonyl (C=O) groups is 1. The van der Waals surface area contributed by atoms with Gasteiger partial charge in [0.1, 0.15) is 9.84 Å². The summed E-state index contributed by atoms with van der Waals surface area (Å²) in [6, 6.07) is 9.72. The summed E-state index contributed by atoms with van der Waals surface area (Å²) in [5.74, 6) is 0.551. The zero-order valence-corrected chi connectivity index (χ0v) is 21.0. The number of sulfone groups is 1. The quantitative estimate of drug-likeness (QED) is 0.498. The molecule has 1 amide bonds. The Hall–Kier alpha value is -2.85. The monoisotopic (exact) mass is 504 g/mol. The fourth-order valence-corrected chi connectivity index (χ4v) is 6.50. The zero-order valence-electron chi connectivity index (χ0n) is 19.4. The van der Waals surface area contributed by atoms with Gasteiger partial charge in [0.15, 0.2) is 11.5 Å². The van der Waals surface area contributed by atoms with Crippen LogP contribution >= 0.6 is 11.5 Å². The Morgan fingerprint density at radius 3 is 2.59 bits per heavy atom. The summed E-state index contributed by atoms with van der Waals surface area (Å²) >= 11 is 1.17. The van der Waals surface area contributed by atoms with Crippen molar-refractivity contribution in [1.82, 2.24) is 3.96 Å². The SMILES string of the molecule is COc1ccc([C@@H](CS(C)(=O)=O)n2sc3cccc(NC(C)=O)c3c2=O)cc1OC1CCCC1. The van der Waals surface area contributed by atoms with Gasteiger partial charge in [-0.3, -0.25) is 13.5 Å². The van der Waals surface area contributed by atoms with Crippen LogP contribution in [-0.4, -0.2) is 43.5 Å². The third-order valence-electron chi connectivity index (χ3n) is 5.86. The lowest BCUT2D eigenvalue weighted by atomic mass is 10.1. The fraction of sp³-hybridized carbons (Fsp3) is 0.417. The molecule has 34 heavy (non-hydrogen) atoms. The third kappa shape index (κ3) is 5.28. The summed E-state index contributed by atoms with van der Waals surface area (Å²) in [6.07, 6.45) is 5.38. The number of benzene rings is 2. The first-order valence-corrected chi connectivity index (χ1v) is 13.9. The van der Waals surface area contributed by atoms with Crippen LogP contribution in [0.25, 0.3) is 10.1 Å². The fourth-order valence-electron chi connectivity index (χ4n) is 4.35. The highest BCUT2D eigenvalue weighted by Crippen LogP contribution is 2.36. The smallest absolute Gasteiger partial charge is 0.271 e. The van der Waals surface area contributed by atoms with Crippen molar-refractivity contribution in [2.45, 2.75) is 44.8 Å². The van der Waals surface area contributed by atoms with Crippen LogP contribution in [-0.2, 0) is 14.6 Å². The van der Waals surface area contributed by atoms with E-state index in [1.807, 2.05) is 0 Å². The van der Waals surface area contributed by atoms with Crippen molar-refractivity contribution in [1.29, 1.82) is 0 Å². The van der Waals surface area contributed by atoms with E-state index >= 15 is 0 Å². The van der Waals surface area contributed by atoms with Crippen LogP contribution in [0.15, 0.2) is 41.2 Å². The molecule has 182 valence electrons. The van der Waals surface area contributed by atoms with Crippen LogP contribution < -0.4 is 20.3 Å². The zero-order chi connectivity index (χ0) is 24.5. The van der Waals surface area contributed by atoms with Crippen molar-refractivity contribution in [3.8, 4) is 11.5 Å². The lowest BCUT2D eigenvalue weighted by Gasteiger charge is -2.21. The predicted molar refractivity (Wildman–Crippen MR) is 134 cm³/mol. The van der Waals surface area contributed by atoms with Crippen LogP contribution in [0, 0.1) is 0 Å². The molecular formula is C24H28N2O6S2. The average Bonchev–Trinajstić information content (AvgIpc) is 3.39. The predicted octanol–water partition coefficient (Wildman–Crippen LogP) is 3.99. The molecule has 4 rings (SSSR count). The van der Waals surface area contributed by atoms with Gasteiger partial charge in [-0.05, 0) is 55.5 Å². The molecule has 0 unspecified atom stereocenters. The van der Waals surface area contributed by atoms with E-state index in [0.717, 1.165) is 31.9 Å². The maximum atomic E-state index is 13.5. The second-order valence-corrected chi connectivity index (χ2v) is 11.8. The van der Waals surface area contributed by atoms with E-state index < -0.39 is 15.9 Å². The molecule has 0 saturated heterocycles. The molecule has 3 aromatic rings. The van der Waals surface area contributed by atoms with Gasteiger partial charge in [-0.1, -0.05) is 23.7 Å². The lowest BCUT2D eigenvalue weighted by Crippen LogP contribution is -2.26. The van der Waals surface area contributed by atoms with Crippen LogP contribution in [0.5, 0.6) is 11.5 Å². The normalized spacial score (nSPS) is 15.4. The molecule has 0 spiro atoms. The second-order valence-electron chi connectivity index (χ2n) is 8.62. The van der Waals surface area contributed by atoms with Gasteiger partial charge < -0.3 is 14.8 Å². The van der Waals surface area contributed by atoms with Gasteiger partial charge in [-0.15, -0.1) is 0 Å². The molecule has 1 aliphatic carbocycles. The van der Waals surface area contributed by atoms with Crippen molar-refractivity contribution >= 4 is 43.1 Å². The Morgan fingerprint density at radius 2 is 1.94 bits per heavy atom. The Balaban J connectivity index is 1.84. The highest BCUT2D eigenvalue weighted by Gasteiger charge is 2.26. The highest BCUT2D eigenvalue weighted by atomic mass is 32.2. The van der Waals surface area contributed by atoms with Crippen molar-refractivity contribution in [2.24, 2.45) is 0 Å². The third-order valence-corrected chi connectivity index (χ3v) is 7.93. The molecule has 1 heterocycles. The van der Waals surface area contributed by atoms with Crippen LogP contribution in [0.1, 0.15) is 44.2 Å². The van der Waals surface area contributed by atoms with Gasteiger partial charge in [0, 0.05) is 13.2 Å². The first-order valence-electron chi connectivity index (χ1n) is 11.1. The summed E-state index contributed by atoms with van der Waals surface area (Å²) in [6.45, 7) is 1.37. The summed E-state index contributed by atoms with van der Waals surface area (Å²) in [5, 5.41) is 3.05. The molecular weight excluding hydrogens is 476 g/mol. The highest BCUT2D eigenvalue weighted by molar-refractivity contribution is 7.90. The molecule has 2 aromatic carbocycles. The summed E-state index contributed by atoms with van der Waals surface area (Å²) < 4.78 is 38.6. The van der Waals surface area contributed by atoms with Crippen molar-refractivity contribution in [3.63, 3.8) is 0 Å². The van der Waals surface area contributed by atoms with Crippen molar-refractivity contribution < 1.29 is 22.7 Å². The van der Waals surface area contributed by atoms with Gasteiger partial charge >= 0.3 is 0 Å². The number of ether oxygens (including phenoxy) is 2. The summed E-state index contributed by atoms with van der Waals surface area (Å²) in [7, 11) is -1.89. The number of carbonyl (C=O) groups excluding carboxylic acids is 1. The molecule has 1 fully saturated rings. The first kappa shape index (κ1) is 24.3. The minimum atomic E-state index is -3.45. The van der Waals surface area contributed by atoms with E-state index in [4.69, 9.17) is 9.47 Å². The molecule has 1 aromatic heterocycles. The molecule has 1 atom stereocenters. The number of nitrogens with one attached hydrogen (secondary N) is 1. The van der Waals surface area contributed by atoms with Gasteiger partial charge in [0.25, 0.3) is 5.56 Å². The number of hydrogen-bond donors (Lipinski definition) is 1. The minimum Gasteiger partial charge on any atom is -0.493 e. The average molecular weight is 505 g/mol. The molecule has 0 aliphatic heterocycles. The van der Waals surface area contributed by atoms with Crippen molar-refractivity contribution in [3.05, 3.63) is 52.3 Å². The van der Waals surface area contributed by atoms with Gasteiger partial charge in [0.2, 0.25) is 5.91 Å². The number of hydrogen-bond acceptors (Lipinski definition) is 7. The van der Waals surface area contributed by atoms with E-state index in [9.17, 15) is 18.0 Å². The van der Waals surface area contributed by atoms with Gasteiger partial charge in [-0.25, -0.2) is 8.42 Å². The lowest BCUT2D eigenvalue weighted by molar-refractivity contribution is -0.114. The molecule has 10 heteroatoms. The van der Waals surface area contributed by atoms with Crippen LogP contribution in [0.4, 0.5) is 5.69 Å². The van der Waals surface area contributed by atoms with Crippen LogP contribution in [0.3, 0.4) is 0 Å². The van der Waals surface area contributed by atoms with E-state index in [0.29, 0.717) is 32.8 Å². The standard InChI is InChI=1S/C24H28N2O6S2/c1-15(27)25-18-9-6-10-22-23(18)24(28)26(33-22)19(14-34(3,29)30)16-11-12-20(31-2)21(13-16)32-17-7-4-5-8-17/h6,9-13,17,19H,4-5,7-8,14H2,1-3H3,(H,25,27)/t19-/m1/s1. The van der Waals surface area contributed by atoms with Crippen molar-refractivity contribution in [2.75, 3.05) is 24.4 Å². The molecule has 1 saturated carbocycles. The molecule has 0 radical (unpaired) electrons. The number of anilines is 1. The number of nitrogens with zero attached hydrogens (tertiary/aromatic N) is 1. The number of amides is 1. The Kier molecular flexibility index (Phi) is 6.99. The van der Waals surface area contributed by atoms with E-state index in [1.54, 1.807) is 43.5 Å². The summed E-state index contributed by atoms with van der Waals surface area (Å²) in [4.78, 5) is 25.1. The number of rotatable bonds is 8.